The maximum atomic E-state index is 3.56. The second-order valence-electron chi connectivity index (χ2n) is 5.28. The van der Waals surface area contributed by atoms with Crippen LogP contribution < -0.4 is 10.2 Å². The smallest absolute Gasteiger partial charge is 0.0414 e. The first kappa shape index (κ1) is 15.5. The largest absolute Gasteiger partial charge is 0.369 e. The SMILES string of the molecule is CCNCc1cc(Br)ccc1N(C)C(C)(C)CC. The van der Waals surface area contributed by atoms with Crippen molar-refractivity contribution in [2.24, 2.45) is 0 Å². The Balaban J connectivity index is 3.06. The van der Waals surface area contributed by atoms with Gasteiger partial charge in [0.25, 0.3) is 0 Å². The molecule has 0 unspecified atom stereocenters. The Bertz CT molecular complexity index is 388. The molecule has 0 aliphatic rings. The molecule has 0 aromatic heterocycles. The molecule has 0 saturated carbocycles. The molecular formula is C15H25BrN2. The molecule has 1 rings (SSSR count). The highest BCUT2D eigenvalue weighted by molar-refractivity contribution is 9.10. The molecule has 18 heavy (non-hydrogen) atoms. The Morgan fingerprint density at radius 3 is 2.50 bits per heavy atom. The molecular weight excluding hydrogens is 288 g/mol. The van der Waals surface area contributed by atoms with Gasteiger partial charge in [0.05, 0.1) is 0 Å². The van der Waals surface area contributed by atoms with Crippen molar-refractivity contribution >= 4 is 21.6 Å². The van der Waals surface area contributed by atoms with Crippen LogP contribution in [0, 0.1) is 0 Å². The summed E-state index contributed by atoms with van der Waals surface area (Å²) in [4.78, 5) is 2.38. The van der Waals surface area contributed by atoms with Crippen LogP contribution in [0.4, 0.5) is 5.69 Å². The Morgan fingerprint density at radius 2 is 1.94 bits per heavy atom. The average Bonchev–Trinajstić information content (AvgIpc) is 2.35. The van der Waals surface area contributed by atoms with Crippen LogP contribution in [0.1, 0.15) is 39.7 Å². The van der Waals surface area contributed by atoms with Gasteiger partial charge in [0.1, 0.15) is 0 Å². The van der Waals surface area contributed by atoms with Gasteiger partial charge in [-0.15, -0.1) is 0 Å². The maximum absolute atomic E-state index is 3.56. The monoisotopic (exact) mass is 312 g/mol. The number of nitrogens with one attached hydrogen (secondary N) is 1. The predicted molar refractivity (Wildman–Crippen MR) is 84.3 cm³/mol. The highest BCUT2D eigenvalue weighted by Gasteiger charge is 2.23. The van der Waals surface area contributed by atoms with Crippen molar-refractivity contribution < 1.29 is 0 Å². The van der Waals surface area contributed by atoms with Crippen molar-refractivity contribution in [3.8, 4) is 0 Å². The number of hydrogen-bond acceptors (Lipinski definition) is 2. The fourth-order valence-corrected chi connectivity index (χ4v) is 2.25. The van der Waals surface area contributed by atoms with Crippen molar-refractivity contribution in [2.75, 3.05) is 18.5 Å². The minimum atomic E-state index is 0.175. The van der Waals surface area contributed by atoms with E-state index in [-0.39, 0.29) is 5.54 Å². The minimum absolute atomic E-state index is 0.175. The van der Waals surface area contributed by atoms with Crippen LogP contribution in [0.3, 0.4) is 0 Å². The van der Waals surface area contributed by atoms with E-state index in [1.54, 1.807) is 0 Å². The van der Waals surface area contributed by atoms with Crippen LogP contribution in [0.2, 0.25) is 0 Å². The molecule has 0 amide bonds. The molecule has 0 bridgehead atoms. The molecule has 0 fully saturated rings. The molecule has 0 atom stereocenters. The van der Waals surface area contributed by atoms with Crippen molar-refractivity contribution in [2.45, 2.75) is 46.2 Å². The number of hydrogen-bond donors (Lipinski definition) is 1. The third-order valence-electron chi connectivity index (χ3n) is 3.74. The van der Waals surface area contributed by atoms with Crippen LogP contribution >= 0.6 is 15.9 Å². The van der Waals surface area contributed by atoms with Crippen LogP contribution in [-0.4, -0.2) is 19.1 Å². The Labute approximate surface area is 120 Å². The molecule has 2 nitrogen and oxygen atoms in total. The molecule has 102 valence electrons. The molecule has 0 saturated heterocycles. The van der Waals surface area contributed by atoms with E-state index in [1.165, 1.54) is 11.3 Å². The molecule has 1 aromatic carbocycles. The standard InChI is InChI=1S/C15H25BrN2/c1-6-15(3,4)18(5)14-9-8-13(16)10-12(14)11-17-7-2/h8-10,17H,6-7,11H2,1-5H3. The Hall–Kier alpha value is -0.540. The van der Waals surface area contributed by atoms with Gasteiger partial charge in [-0.3, -0.25) is 0 Å². The fraction of sp³-hybridized carbons (Fsp3) is 0.600. The lowest BCUT2D eigenvalue weighted by molar-refractivity contribution is 0.469. The molecule has 0 heterocycles. The minimum Gasteiger partial charge on any atom is -0.369 e. The van der Waals surface area contributed by atoms with Gasteiger partial charge in [-0.05, 0) is 50.6 Å². The molecule has 0 radical (unpaired) electrons. The molecule has 0 aliphatic heterocycles. The second kappa shape index (κ2) is 6.58. The van der Waals surface area contributed by atoms with Gasteiger partial charge in [0.15, 0.2) is 0 Å². The number of nitrogens with zero attached hydrogens (tertiary/aromatic N) is 1. The van der Waals surface area contributed by atoms with Gasteiger partial charge in [-0.1, -0.05) is 29.8 Å². The summed E-state index contributed by atoms with van der Waals surface area (Å²) in [6, 6.07) is 6.53. The molecule has 3 heteroatoms. The fourth-order valence-electron chi connectivity index (χ4n) is 1.85. The van der Waals surface area contributed by atoms with E-state index in [1.807, 2.05) is 0 Å². The predicted octanol–water partition coefficient (Wildman–Crippen LogP) is 4.18. The molecule has 0 aliphatic carbocycles. The van der Waals surface area contributed by atoms with Gasteiger partial charge in [0, 0.05) is 29.3 Å². The summed E-state index contributed by atoms with van der Waals surface area (Å²) >= 11 is 3.56. The molecule has 1 aromatic rings. The first-order valence-corrected chi connectivity index (χ1v) is 7.44. The van der Waals surface area contributed by atoms with Crippen LogP contribution in [0.5, 0.6) is 0 Å². The van der Waals surface area contributed by atoms with E-state index >= 15 is 0 Å². The first-order valence-electron chi connectivity index (χ1n) is 6.65. The topological polar surface area (TPSA) is 15.3 Å². The summed E-state index contributed by atoms with van der Waals surface area (Å²) in [5.74, 6) is 0. The van der Waals surface area contributed by atoms with E-state index in [0.29, 0.717) is 0 Å². The van der Waals surface area contributed by atoms with Crippen molar-refractivity contribution in [3.05, 3.63) is 28.2 Å². The summed E-state index contributed by atoms with van der Waals surface area (Å²) in [6.07, 6.45) is 1.13. The zero-order valence-electron chi connectivity index (χ0n) is 12.2. The zero-order chi connectivity index (χ0) is 13.8. The highest BCUT2D eigenvalue weighted by Crippen LogP contribution is 2.30. The van der Waals surface area contributed by atoms with Gasteiger partial charge < -0.3 is 10.2 Å². The highest BCUT2D eigenvalue weighted by atomic mass is 79.9. The Morgan fingerprint density at radius 1 is 1.28 bits per heavy atom. The molecule has 0 spiro atoms. The lowest BCUT2D eigenvalue weighted by atomic mass is 9.98. The zero-order valence-corrected chi connectivity index (χ0v) is 13.8. The number of halogens is 1. The second-order valence-corrected chi connectivity index (χ2v) is 6.19. The lowest BCUT2D eigenvalue weighted by Crippen LogP contribution is -2.41. The van der Waals surface area contributed by atoms with Gasteiger partial charge >= 0.3 is 0 Å². The molecule has 1 N–H and O–H groups in total. The van der Waals surface area contributed by atoms with Crippen LogP contribution in [0.25, 0.3) is 0 Å². The van der Waals surface area contributed by atoms with E-state index < -0.39 is 0 Å². The third-order valence-corrected chi connectivity index (χ3v) is 4.23. The summed E-state index contributed by atoms with van der Waals surface area (Å²) in [6.45, 7) is 10.8. The summed E-state index contributed by atoms with van der Waals surface area (Å²) in [7, 11) is 2.18. The number of rotatable bonds is 6. The van der Waals surface area contributed by atoms with E-state index in [0.717, 1.165) is 24.0 Å². The van der Waals surface area contributed by atoms with E-state index in [9.17, 15) is 0 Å². The summed E-state index contributed by atoms with van der Waals surface area (Å²) in [5.41, 5.74) is 2.83. The third kappa shape index (κ3) is 3.72. The van der Waals surface area contributed by atoms with Gasteiger partial charge in [-0.2, -0.15) is 0 Å². The summed E-state index contributed by atoms with van der Waals surface area (Å²) in [5, 5.41) is 3.41. The van der Waals surface area contributed by atoms with Gasteiger partial charge in [-0.25, -0.2) is 0 Å². The lowest BCUT2D eigenvalue weighted by Gasteiger charge is -2.38. The van der Waals surface area contributed by atoms with Crippen LogP contribution in [0.15, 0.2) is 22.7 Å². The van der Waals surface area contributed by atoms with E-state index in [2.05, 4.69) is 79.1 Å². The summed E-state index contributed by atoms with van der Waals surface area (Å²) < 4.78 is 1.14. The number of benzene rings is 1. The number of anilines is 1. The van der Waals surface area contributed by atoms with E-state index in [4.69, 9.17) is 0 Å². The van der Waals surface area contributed by atoms with Crippen LogP contribution in [-0.2, 0) is 6.54 Å². The maximum Gasteiger partial charge on any atom is 0.0414 e. The van der Waals surface area contributed by atoms with Gasteiger partial charge in [0.2, 0.25) is 0 Å². The first-order chi connectivity index (χ1) is 8.42. The van der Waals surface area contributed by atoms with Crippen molar-refractivity contribution in [1.29, 1.82) is 0 Å². The quantitative estimate of drug-likeness (QED) is 0.847. The Kier molecular flexibility index (Phi) is 5.67. The average molecular weight is 313 g/mol. The van der Waals surface area contributed by atoms with Crippen molar-refractivity contribution in [3.63, 3.8) is 0 Å². The van der Waals surface area contributed by atoms with Crippen molar-refractivity contribution in [1.82, 2.24) is 5.32 Å². The normalized spacial score (nSPS) is 11.7.